The van der Waals surface area contributed by atoms with Crippen LogP contribution in [0.5, 0.6) is 5.88 Å². The number of imidazole rings is 1. The molecule has 7 rings (SSSR count). The molecule has 10 nitrogen and oxygen atoms in total. The minimum Gasteiger partial charge on any atom is -0.480 e. The van der Waals surface area contributed by atoms with E-state index in [1.807, 2.05) is 17.0 Å². The Bertz CT molecular complexity index is 1680. The number of benzene rings is 1. The quantitative estimate of drug-likeness (QED) is 0.359. The summed E-state index contributed by atoms with van der Waals surface area (Å²) in [6.07, 6.45) is 2.93. The Morgan fingerprint density at radius 2 is 1.85 bits per heavy atom. The lowest BCUT2D eigenvalue weighted by Gasteiger charge is -2.37. The number of fused-ring (bicyclic) bond motifs is 1. The van der Waals surface area contributed by atoms with Crippen LogP contribution < -0.4 is 15.0 Å². The van der Waals surface area contributed by atoms with Gasteiger partial charge in [-0.15, -0.1) is 0 Å². The fourth-order valence-corrected chi connectivity index (χ4v) is 5.42. The average Bonchev–Trinajstić information content (AvgIpc) is 3.89. The zero-order valence-corrected chi connectivity index (χ0v) is 22.2. The van der Waals surface area contributed by atoms with Gasteiger partial charge in [-0.3, -0.25) is 4.79 Å². The van der Waals surface area contributed by atoms with E-state index in [0.717, 1.165) is 30.3 Å². The summed E-state index contributed by atoms with van der Waals surface area (Å²) >= 11 is 0. The SMILES string of the molecule is COc1ncnc(C2CC2)c1-c1ncc2c(n1)N(Cc1ccc(-c3nc(C(F)(F)F)cn3C)cc1)C1(CC1)C(=O)N2. The lowest BCUT2D eigenvalue weighted by molar-refractivity contribution is -0.140. The van der Waals surface area contributed by atoms with Gasteiger partial charge in [-0.2, -0.15) is 13.2 Å². The molecule has 1 N–H and O–H groups in total. The molecule has 1 spiro atoms. The van der Waals surface area contributed by atoms with Gasteiger partial charge in [0.15, 0.2) is 17.3 Å². The zero-order valence-electron chi connectivity index (χ0n) is 22.2. The highest BCUT2D eigenvalue weighted by Gasteiger charge is 2.58. The number of aryl methyl sites for hydroxylation is 1. The van der Waals surface area contributed by atoms with E-state index in [1.165, 1.54) is 17.9 Å². The number of halogens is 3. The van der Waals surface area contributed by atoms with Crippen molar-refractivity contribution >= 4 is 17.4 Å². The molecule has 0 saturated heterocycles. The minimum absolute atomic E-state index is 0.107. The van der Waals surface area contributed by atoms with Gasteiger partial charge in [-0.25, -0.2) is 24.9 Å². The van der Waals surface area contributed by atoms with Gasteiger partial charge in [0.05, 0.1) is 19.0 Å². The topological polar surface area (TPSA) is 111 Å². The first-order valence-electron chi connectivity index (χ1n) is 13.2. The Hall–Kier alpha value is -4.55. The van der Waals surface area contributed by atoms with Crippen molar-refractivity contribution in [2.45, 2.75) is 49.9 Å². The molecule has 13 heteroatoms. The van der Waals surface area contributed by atoms with E-state index in [0.29, 0.717) is 59.6 Å². The molecule has 210 valence electrons. The van der Waals surface area contributed by atoms with E-state index in [9.17, 15) is 18.0 Å². The molecular formula is C28H25F3N8O2. The Balaban J connectivity index is 1.24. The summed E-state index contributed by atoms with van der Waals surface area (Å²) in [5.74, 6) is 1.82. The number of nitrogens with one attached hydrogen (secondary N) is 1. The lowest BCUT2D eigenvalue weighted by Crippen LogP contribution is -2.50. The van der Waals surface area contributed by atoms with E-state index in [2.05, 4.69) is 25.3 Å². The normalized spacial score (nSPS) is 17.4. The van der Waals surface area contributed by atoms with Gasteiger partial charge in [0.25, 0.3) is 0 Å². The fraction of sp³-hybridized carbons (Fsp3) is 0.357. The third-order valence-corrected chi connectivity index (χ3v) is 7.88. The monoisotopic (exact) mass is 562 g/mol. The number of hydrogen-bond acceptors (Lipinski definition) is 8. The summed E-state index contributed by atoms with van der Waals surface area (Å²) in [5, 5.41) is 2.97. The number of rotatable bonds is 6. The number of alkyl halides is 3. The van der Waals surface area contributed by atoms with Crippen molar-refractivity contribution < 1.29 is 22.7 Å². The van der Waals surface area contributed by atoms with Crippen LogP contribution in [-0.4, -0.2) is 48.0 Å². The van der Waals surface area contributed by atoms with Crippen LogP contribution in [0.3, 0.4) is 0 Å². The van der Waals surface area contributed by atoms with Crippen molar-refractivity contribution in [2.75, 3.05) is 17.3 Å². The highest BCUT2D eigenvalue weighted by atomic mass is 19.4. The van der Waals surface area contributed by atoms with Gasteiger partial charge in [0, 0.05) is 31.3 Å². The van der Waals surface area contributed by atoms with Crippen molar-refractivity contribution in [3.63, 3.8) is 0 Å². The molecule has 4 heterocycles. The van der Waals surface area contributed by atoms with Crippen molar-refractivity contribution in [1.82, 2.24) is 29.5 Å². The predicted molar refractivity (Wildman–Crippen MR) is 142 cm³/mol. The standard InChI is InChI=1S/C28H25F3N8O2/c1-38-13-19(28(29,30)31)36-23(38)17-5-3-15(4-6-17)12-39-24-18(35-26(40)27(39)9-10-27)11-32-22(37-24)20-21(16-7-8-16)33-14-34-25(20)41-2/h3-6,11,13-14,16H,7-10,12H2,1-2H3,(H,35,40). The highest BCUT2D eigenvalue weighted by molar-refractivity contribution is 6.08. The fourth-order valence-electron chi connectivity index (χ4n) is 5.42. The van der Waals surface area contributed by atoms with E-state index < -0.39 is 17.4 Å². The van der Waals surface area contributed by atoms with Crippen LogP contribution in [0.4, 0.5) is 24.7 Å². The van der Waals surface area contributed by atoms with Crippen molar-refractivity contribution in [3.8, 4) is 28.7 Å². The van der Waals surface area contributed by atoms with Crippen molar-refractivity contribution in [3.05, 3.63) is 59.9 Å². The molecule has 0 unspecified atom stereocenters. The molecule has 0 bridgehead atoms. The lowest BCUT2D eigenvalue weighted by atomic mass is 10.1. The molecule has 1 amide bonds. The van der Waals surface area contributed by atoms with Crippen LogP contribution in [0.15, 0.2) is 43.0 Å². The summed E-state index contributed by atoms with van der Waals surface area (Å²) in [7, 11) is 3.08. The molecule has 0 atom stereocenters. The smallest absolute Gasteiger partial charge is 0.434 e. The highest BCUT2D eigenvalue weighted by Crippen LogP contribution is 2.51. The molecule has 41 heavy (non-hydrogen) atoms. The average molecular weight is 563 g/mol. The number of nitrogens with zero attached hydrogens (tertiary/aromatic N) is 7. The molecule has 1 aliphatic heterocycles. The van der Waals surface area contributed by atoms with Gasteiger partial charge in [0.2, 0.25) is 11.8 Å². The summed E-state index contributed by atoms with van der Waals surface area (Å²) in [6, 6.07) is 7.14. The second-order valence-corrected chi connectivity index (χ2v) is 10.7. The predicted octanol–water partition coefficient (Wildman–Crippen LogP) is 4.73. The van der Waals surface area contributed by atoms with E-state index in [-0.39, 0.29) is 11.7 Å². The first kappa shape index (κ1) is 25.4. The Morgan fingerprint density at radius 3 is 2.49 bits per heavy atom. The van der Waals surface area contributed by atoms with Crippen LogP contribution >= 0.6 is 0 Å². The van der Waals surface area contributed by atoms with Gasteiger partial charge in [-0.1, -0.05) is 24.3 Å². The molecule has 1 aromatic carbocycles. The van der Waals surface area contributed by atoms with E-state index >= 15 is 0 Å². The summed E-state index contributed by atoms with van der Waals surface area (Å²) in [5.41, 5.74) is 1.76. The zero-order chi connectivity index (χ0) is 28.5. The molecular weight excluding hydrogens is 537 g/mol. The van der Waals surface area contributed by atoms with Gasteiger partial charge in [0.1, 0.15) is 28.9 Å². The second kappa shape index (κ2) is 8.98. The molecule has 2 saturated carbocycles. The molecule has 3 aliphatic rings. The molecule has 2 fully saturated rings. The molecule has 0 radical (unpaired) electrons. The van der Waals surface area contributed by atoms with Crippen LogP contribution in [-0.2, 0) is 24.6 Å². The third-order valence-electron chi connectivity index (χ3n) is 7.88. The number of carbonyl (C=O) groups is 1. The number of hydrogen-bond donors (Lipinski definition) is 1. The maximum Gasteiger partial charge on any atom is 0.434 e. The van der Waals surface area contributed by atoms with Crippen LogP contribution in [0.2, 0.25) is 0 Å². The summed E-state index contributed by atoms with van der Waals surface area (Å²) in [4.78, 5) is 37.2. The van der Waals surface area contributed by atoms with Crippen LogP contribution in [0.25, 0.3) is 22.8 Å². The van der Waals surface area contributed by atoms with Crippen LogP contribution in [0, 0.1) is 0 Å². The number of carbonyl (C=O) groups excluding carboxylic acids is 1. The van der Waals surface area contributed by atoms with E-state index in [1.54, 1.807) is 25.4 Å². The summed E-state index contributed by atoms with van der Waals surface area (Å²) in [6.45, 7) is 0.365. The Kier molecular flexibility index (Phi) is 5.57. The third kappa shape index (κ3) is 4.26. The van der Waals surface area contributed by atoms with Crippen molar-refractivity contribution in [1.29, 1.82) is 0 Å². The number of ether oxygens (including phenoxy) is 1. The first-order chi connectivity index (χ1) is 19.7. The van der Waals surface area contributed by atoms with Crippen LogP contribution in [0.1, 0.15) is 48.6 Å². The maximum atomic E-state index is 13.2. The summed E-state index contributed by atoms with van der Waals surface area (Å²) < 4.78 is 46.4. The van der Waals surface area contributed by atoms with Gasteiger partial charge < -0.3 is 19.5 Å². The van der Waals surface area contributed by atoms with Crippen molar-refractivity contribution in [2.24, 2.45) is 7.05 Å². The molecule has 3 aromatic heterocycles. The minimum atomic E-state index is -4.52. The first-order valence-corrected chi connectivity index (χ1v) is 13.2. The number of amides is 1. The van der Waals surface area contributed by atoms with E-state index in [4.69, 9.17) is 9.72 Å². The van der Waals surface area contributed by atoms with Gasteiger partial charge >= 0.3 is 6.18 Å². The maximum absolute atomic E-state index is 13.2. The Labute approximate surface area is 232 Å². The molecule has 4 aromatic rings. The largest absolute Gasteiger partial charge is 0.480 e. The number of anilines is 2. The van der Waals surface area contributed by atoms with Gasteiger partial charge in [-0.05, 0) is 31.2 Å². The second-order valence-electron chi connectivity index (χ2n) is 10.7. The Morgan fingerprint density at radius 1 is 1.10 bits per heavy atom. The number of methoxy groups -OCH3 is 1. The number of aromatic nitrogens is 6. The molecule has 2 aliphatic carbocycles.